The van der Waals surface area contributed by atoms with Crippen LogP contribution in [0.4, 0.5) is 5.69 Å². The van der Waals surface area contributed by atoms with E-state index >= 15 is 0 Å². The van der Waals surface area contributed by atoms with Gasteiger partial charge in [-0.3, -0.25) is 4.79 Å². The van der Waals surface area contributed by atoms with Crippen LogP contribution in [0.1, 0.15) is 6.42 Å². The molecular formula is C15H15Cl2N3O3S. The molecule has 0 saturated heterocycles. The Morgan fingerprint density at radius 2 is 2.17 bits per heavy atom. The Morgan fingerprint density at radius 3 is 2.75 bits per heavy atom. The molecule has 0 aliphatic rings. The third-order valence-corrected chi connectivity index (χ3v) is 4.09. The maximum Gasteiger partial charge on any atom is 0.326 e. The first-order valence-corrected chi connectivity index (χ1v) is 8.88. The molecule has 128 valence electrons. The van der Waals surface area contributed by atoms with Gasteiger partial charge in [0.15, 0.2) is 0 Å². The number of hydrogen-bond donors (Lipinski definition) is 3. The second kappa shape index (κ2) is 10.1. The highest BCUT2D eigenvalue weighted by Gasteiger charge is 2.21. The molecule has 3 N–H and O–H groups in total. The lowest BCUT2D eigenvalue weighted by molar-refractivity contribution is -0.141. The van der Waals surface area contributed by atoms with Crippen LogP contribution < -0.4 is 10.6 Å². The van der Waals surface area contributed by atoms with E-state index in [2.05, 4.69) is 10.6 Å². The highest BCUT2D eigenvalue weighted by atomic mass is 35.5. The van der Waals surface area contributed by atoms with Gasteiger partial charge in [0, 0.05) is 11.2 Å². The molecule has 0 aromatic heterocycles. The summed E-state index contributed by atoms with van der Waals surface area (Å²) in [5, 5.41) is 24.0. The first kappa shape index (κ1) is 20.2. The van der Waals surface area contributed by atoms with Gasteiger partial charge in [-0.05, 0) is 36.6 Å². The molecule has 24 heavy (non-hydrogen) atoms. The van der Waals surface area contributed by atoms with E-state index in [1.54, 1.807) is 18.2 Å². The zero-order chi connectivity index (χ0) is 18.1. The molecule has 0 aliphatic heterocycles. The Kier molecular flexibility index (Phi) is 8.47. The molecule has 1 unspecified atom stereocenters. The minimum absolute atomic E-state index is 0.258. The molecule has 0 spiro atoms. The predicted octanol–water partition coefficient (Wildman–Crippen LogP) is 3.14. The molecule has 0 radical (unpaired) electrons. The number of thioether (sulfide) groups is 1. The number of rotatable bonds is 8. The fourth-order valence-electron chi connectivity index (χ4n) is 1.64. The number of anilines is 1. The van der Waals surface area contributed by atoms with Crippen molar-refractivity contribution in [2.24, 2.45) is 0 Å². The van der Waals surface area contributed by atoms with Gasteiger partial charge >= 0.3 is 5.97 Å². The van der Waals surface area contributed by atoms with Gasteiger partial charge in [-0.1, -0.05) is 23.2 Å². The molecule has 1 aromatic rings. The second-order valence-electron chi connectivity index (χ2n) is 4.58. The second-order valence-corrected chi connectivity index (χ2v) is 6.41. The van der Waals surface area contributed by atoms with Gasteiger partial charge in [-0.15, -0.1) is 0 Å². The van der Waals surface area contributed by atoms with Gasteiger partial charge in [-0.25, -0.2) is 4.79 Å². The van der Waals surface area contributed by atoms with Crippen molar-refractivity contribution in [1.29, 1.82) is 5.26 Å². The Morgan fingerprint density at radius 1 is 1.46 bits per heavy atom. The lowest BCUT2D eigenvalue weighted by Gasteiger charge is -2.13. The monoisotopic (exact) mass is 387 g/mol. The van der Waals surface area contributed by atoms with E-state index in [4.69, 9.17) is 33.6 Å². The van der Waals surface area contributed by atoms with Crippen LogP contribution in [0.25, 0.3) is 0 Å². The number of benzene rings is 1. The molecule has 6 nitrogen and oxygen atoms in total. The smallest absolute Gasteiger partial charge is 0.326 e. The molecule has 0 aliphatic carbocycles. The molecule has 0 saturated carbocycles. The minimum Gasteiger partial charge on any atom is -0.480 e. The molecule has 0 heterocycles. The number of amides is 1. The maximum atomic E-state index is 12.1. The summed E-state index contributed by atoms with van der Waals surface area (Å²) in [4.78, 5) is 23.2. The van der Waals surface area contributed by atoms with Crippen molar-refractivity contribution in [3.05, 3.63) is 40.0 Å². The van der Waals surface area contributed by atoms with Crippen molar-refractivity contribution in [3.63, 3.8) is 0 Å². The average molecular weight is 388 g/mol. The van der Waals surface area contributed by atoms with Gasteiger partial charge in [0.2, 0.25) is 0 Å². The maximum absolute atomic E-state index is 12.1. The topological polar surface area (TPSA) is 102 Å². The van der Waals surface area contributed by atoms with Crippen molar-refractivity contribution < 1.29 is 14.7 Å². The van der Waals surface area contributed by atoms with E-state index < -0.39 is 17.9 Å². The van der Waals surface area contributed by atoms with E-state index in [0.717, 1.165) is 6.20 Å². The van der Waals surface area contributed by atoms with Crippen LogP contribution in [0.15, 0.2) is 30.0 Å². The zero-order valence-electron chi connectivity index (χ0n) is 12.7. The van der Waals surface area contributed by atoms with Gasteiger partial charge in [-0.2, -0.15) is 17.0 Å². The molecule has 0 bridgehead atoms. The molecule has 1 amide bonds. The fourth-order valence-corrected chi connectivity index (χ4v) is 2.45. The Hall–Kier alpha value is -1.88. The molecule has 0 fully saturated rings. The number of carbonyl (C=O) groups is 2. The standard InChI is InChI=1S/C15H15Cl2N3O3S/c1-24-5-4-12(15(22)23)20-14(21)9(7-18)8-19-13-6-10(16)2-3-11(13)17/h2-3,6,8,12,19H,4-5H2,1H3,(H,20,21)(H,22,23)/b9-8-. The summed E-state index contributed by atoms with van der Waals surface area (Å²) in [5.74, 6) is -1.36. The van der Waals surface area contributed by atoms with Gasteiger partial charge in [0.25, 0.3) is 5.91 Å². The third-order valence-electron chi connectivity index (χ3n) is 2.88. The largest absolute Gasteiger partial charge is 0.480 e. The van der Waals surface area contributed by atoms with Gasteiger partial charge in [0.1, 0.15) is 17.7 Å². The van der Waals surface area contributed by atoms with Crippen molar-refractivity contribution in [3.8, 4) is 6.07 Å². The van der Waals surface area contributed by atoms with Crippen LogP contribution >= 0.6 is 35.0 Å². The number of nitriles is 1. The lowest BCUT2D eigenvalue weighted by Crippen LogP contribution is -2.41. The Balaban J connectivity index is 2.83. The molecular weight excluding hydrogens is 373 g/mol. The number of carboxylic acid groups (broad SMARTS) is 1. The molecule has 1 atom stereocenters. The van der Waals surface area contributed by atoms with Gasteiger partial charge < -0.3 is 15.7 Å². The first-order chi connectivity index (χ1) is 11.4. The number of nitrogens with one attached hydrogen (secondary N) is 2. The zero-order valence-corrected chi connectivity index (χ0v) is 15.0. The molecule has 1 aromatic carbocycles. The van der Waals surface area contributed by atoms with Crippen molar-refractivity contribution in [2.75, 3.05) is 17.3 Å². The third kappa shape index (κ3) is 6.32. The number of halogens is 2. The molecule has 1 rings (SSSR count). The predicted molar refractivity (Wildman–Crippen MR) is 96.3 cm³/mol. The minimum atomic E-state index is -1.15. The van der Waals surface area contributed by atoms with E-state index in [1.165, 1.54) is 17.8 Å². The normalized spacial score (nSPS) is 12.2. The van der Waals surface area contributed by atoms with E-state index in [-0.39, 0.29) is 12.0 Å². The van der Waals surface area contributed by atoms with Crippen LogP contribution in [0.2, 0.25) is 10.0 Å². The van der Waals surface area contributed by atoms with E-state index in [0.29, 0.717) is 21.5 Å². The summed E-state index contributed by atoms with van der Waals surface area (Å²) >= 11 is 13.3. The fraction of sp³-hybridized carbons (Fsp3) is 0.267. The number of hydrogen-bond acceptors (Lipinski definition) is 5. The summed E-state index contributed by atoms with van der Waals surface area (Å²) in [6.45, 7) is 0. The summed E-state index contributed by atoms with van der Waals surface area (Å²) < 4.78 is 0. The number of nitrogens with zero attached hydrogens (tertiary/aromatic N) is 1. The SMILES string of the molecule is CSCCC(NC(=O)/C(C#N)=C\Nc1cc(Cl)ccc1Cl)C(=O)O. The van der Waals surface area contributed by atoms with Crippen LogP contribution in [-0.2, 0) is 9.59 Å². The van der Waals surface area contributed by atoms with Crippen molar-refractivity contribution in [1.82, 2.24) is 5.32 Å². The lowest BCUT2D eigenvalue weighted by atomic mass is 10.2. The highest BCUT2D eigenvalue weighted by Crippen LogP contribution is 2.25. The van der Waals surface area contributed by atoms with Gasteiger partial charge in [0.05, 0.1) is 10.7 Å². The van der Waals surface area contributed by atoms with Crippen LogP contribution in [0.5, 0.6) is 0 Å². The summed E-state index contributed by atoms with van der Waals surface area (Å²) in [5.41, 5.74) is 0.142. The summed E-state index contributed by atoms with van der Waals surface area (Å²) in [6.07, 6.45) is 3.24. The van der Waals surface area contributed by atoms with Crippen LogP contribution in [0, 0.1) is 11.3 Å². The first-order valence-electron chi connectivity index (χ1n) is 6.73. The summed E-state index contributed by atoms with van der Waals surface area (Å²) in [6, 6.07) is 5.36. The summed E-state index contributed by atoms with van der Waals surface area (Å²) in [7, 11) is 0. The number of carboxylic acids is 1. The average Bonchev–Trinajstić information content (AvgIpc) is 2.54. The Bertz CT molecular complexity index is 689. The number of carbonyl (C=O) groups excluding carboxylic acids is 1. The van der Waals surface area contributed by atoms with Crippen LogP contribution in [0.3, 0.4) is 0 Å². The Labute approximate surface area is 153 Å². The highest BCUT2D eigenvalue weighted by molar-refractivity contribution is 7.98. The number of aliphatic carboxylic acids is 1. The molecule has 9 heteroatoms. The van der Waals surface area contributed by atoms with E-state index in [9.17, 15) is 9.59 Å². The van der Waals surface area contributed by atoms with Crippen molar-refractivity contribution >= 4 is 52.5 Å². The van der Waals surface area contributed by atoms with Crippen molar-refractivity contribution in [2.45, 2.75) is 12.5 Å². The van der Waals surface area contributed by atoms with Crippen LogP contribution in [-0.4, -0.2) is 35.0 Å². The quantitative estimate of drug-likeness (QED) is 0.467. The van der Waals surface area contributed by atoms with E-state index in [1.807, 2.05) is 6.26 Å².